The van der Waals surface area contributed by atoms with E-state index >= 15 is 0 Å². The van der Waals surface area contributed by atoms with E-state index in [9.17, 15) is 0 Å². The summed E-state index contributed by atoms with van der Waals surface area (Å²) in [6.07, 6.45) is 1.97. The second kappa shape index (κ2) is 5.87. The van der Waals surface area contributed by atoms with E-state index in [-0.39, 0.29) is 5.84 Å². The minimum absolute atomic E-state index is 0.0211. The van der Waals surface area contributed by atoms with Crippen molar-refractivity contribution in [1.29, 1.82) is 0 Å². The van der Waals surface area contributed by atoms with Crippen molar-refractivity contribution in [1.82, 2.24) is 9.78 Å². The molecule has 0 fully saturated rings. The van der Waals surface area contributed by atoms with Crippen LogP contribution in [0, 0.1) is 6.92 Å². The fraction of sp³-hybridized carbons (Fsp3) is 0.231. The SMILES string of the molecule is CSc1ccccc1Oc1c(C(N)=NO)c(C)nn1C. The molecule has 0 spiro atoms. The van der Waals surface area contributed by atoms with Crippen molar-refractivity contribution in [3.05, 3.63) is 35.5 Å². The highest BCUT2D eigenvalue weighted by Gasteiger charge is 2.20. The first-order chi connectivity index (χ1) is 9.58. The highest BCUT2D eigenvalue weighted by atomic mass is 32.2. The summed E-state index contributed by atoms with van der Waals surface area (Å²) in [5.74, 6) is 1.13. The second-order valence-electron chi connectivity index (χ2n) is 4.13. The predicted molar refractivity (Wildman–Crippen MR) is 78.8 cm³/mol. The number of amidine groups is 1. The number of oxime groups is 1. The number of hydrogen-bond acceptors (Lipinski definition) is 5. The molecule has 106 valence electrons. The number of rotatable bonds is 4. The number of hydrogen-bond donors (Lipinski definition) is 2. The van der Waals surface area contributed by atoms with Gasteiger partial charge in [0.1, 0.15) is 11.3 Å². The molecule has 1 heterocycles. The van der Waals surface area contributed by atoms with Crippen molar-refractivity contribution in [3.8, 4) is 11.6 Å². The molecule has 7 heteroatoms. The lowest BCUT2D eigenvalue weighted by molar-refractivity contribution is 0.318. The number of thioether (sulfide) groups is 1. The van der Waals surface area contributed by atoms with Crippen LogP contribution in [0.3, 0.4) is 0 Å². The van der Waals surface area contributed by atoms with Gasteiger partial charge in [-0.2, -0.15) is 5.10 Å². The van der Waals surface area contributed by atoms with Crippen LogP contribution >= 0.6 is 11.8 Å². The first-order valence-corrected chi connectivity index (χ1v) is 7.13. The maximum Gasteiger partial charge on any atom is 0.229 e. The van der Waals surface area contributed by atoms with Gasteiger partial charge in [0, 0.05) is 11.9 Å². The molecule has 0 atom stereocenters. The molecular weight excluding hydrogens is 276 g/mol. The van der Waals surface area contributed by atoms with E-state index in [0.29, 0.717) is 22.9 Å². The van der Waals surface area contributed by atoms with Gasteiger partial charge in [0.2, 0.25) is 5.88 Å². The minimum Gasteiger partial charge on any atom is -0.437 e. The van der Waals surface area contributed by atoms with E-state index in [1.54, 1.807) is 30.4 Å². The van der Waals surface area contributed by atoms with Crippen LogP contribution in [0.25, 0.3) is 0 Å². The van der Waals surface area contributed by atoms with Crippen molar-refractivity contribution in [2.45, 2.75) is 11.8 Å². The van der Waals surface area contributed by atoms with Crippen LogP contribution in [0.2, 0.25) is 0 Å². The smallest absolute Gasteiger partial charge is 0.229 e. The van der Waals surface area contributed by atoms with Crippen LogP contribution in [-0.2, 0) is 7.05 Å². The van der Waals surface area contributed by atoms with Gasteiger partial charge in [0.15, 0.2) is 5.84 Å². The number of nitrogens with zero attached hydrogens (tertiary/aromatic N) is 3. The molecule has 3 N–H and O–H groups in total. The molecule has 0 radical (unpaired) electrons. The quantitative estimate of drug-likeness (QED) is 0.297. The zero-order valence-electron chi connectivity index (χ0n) is 11.5. The van der Waals surface area contributed by atoms with Gasteiger partial charge in [-0.25, -0.2) is 4.68 Å². The molecule has 2 rings (SSSR count). The van der Waals surface area contributed by atoms with Crippen molar-refractivity contribution in [2.24, 2.45) is 17.9 Å². The Morgan fingerprint density at radius 3 is 2.80 bits per heavy atom. The predicted octanol–water partition coefficient (Wildman–Crippen LogP) is 2.34. The van der Waals surface area contributed by atoms with Crippen molar-refractivity contribution in [2.75, 3.05) is 6.26 Å². The Morgan fingerprint density at radius 1 is 1.45 bits per heavy atom. The molecular formula is C13H16N4O2S. The Kier molecular flexibility index (Phi) is 4.19. The Labute approximate surface area is 121 Å². The van der Waals surface area contributed by atoms with Crippen molar-refractivity contribution in [3.63, 3.8) is 0 Å². The third kappa shape index (κ3) is 2.57. The van der Waals surface area contributed by atoms with Crippen LogP contribution < -0.4 is 10.5 Å². The van der Waals surface area contributed by atoms with Gasteiger partial charge in [-0.15, -0.1) is 11.8 Å². The molecule has 0 aliphatic heterocycles. The molecule has 1 aromatic carbocycles. The number of aryl methyl sites for hydroxylation is 2. The molecule has 0 saturated carbocycles. The minimum atomic E-state index is -0.0211. The first kappa shape index (κ1) is 14.3. The van der Waals surface area contributed by atoms with Crippen LogP contribution in [-0.4, -0.2) is 27.1 Å². The zero-order chi connectivity index (χ0) is 14.7. The summed E-state index contributed by atoms with van der Waals surface area (Å²) in [4.78, 5) is 0.997. The molecule has 0 aliphatic carbocycles. The molecule has 6 nitrogen and oxygen atoms in total. The lowest BCUT2D eigenvalue weighted by Gasteiger charge is -2.11. The standard InChI is InChI=1S/C13H16N4O2S/c1-8-11(12(14)16-18)13(17(2)15-8)19-9-6-4-5-7-10(9)20-3/h4-7,18H,1-3H3,(H2,14,16). The largest absolute Gasteiger partial charge is 0.437 e. The van der Waals surface area contributed by atoms with Crippen LogP contribution in [0.1, 0.15) is 11.3 Å². The fourth-order valence-corrected chi connectivity index (χ4v) is 2.43. The van der Waals surface area contributed by atoms with E-state index in [2.05, 4.69) is 10.3 Å². The summed E-state index contributed by atoms with van der Waals surface area (Å²) >= 11 is 1.58. The van der Waals surface area contributed by atoms with E-state index in [1.807, 2.05) is 30.5 Å². The van der Waals surface area contributed by atoms with Gasteiger partial charge in [0.25, 0.3) is 0 Å². The zero-order valence-corrected chi connectivity index (χ0v) is 12.3. The lowest BCUT2D eigenvalue weighted by atomic mass is 10.2. The topological polar surface area (TPSA) is 85.7 Å². The average Bonchev–Trinajstić information content (AvgIpc) is 2.73. The Hall–Kier alpha value is -2.15. The Bertz CT molecular complexity index is 652. The summed E-state index contributed by atoms with van der Waals surface area (Å²) in [5, 5.41) is 16.2. The van der Waals surface area contributed by atoms with Gasteiger partial charge < -0.3 is 15.7 Å². The van der Waals surface area contributed by atoms with Gasteiger partial charge in [-0.05, 0) is 25.3 Å². The molecule has 0 aliphatic rings. The summed E-state index contributed by atoms with van der Waals surface area (Å²) in [6, 6.07) is 7.66. The maximum absolute atomic E-state index is 8.88. The number of aromatic nitrogens is 2. The highest BCUT2D eigenvalue weighted by molar-refractivity contribution is 7.98. The molecule has 20 heavy (non-hydrogen) atoms. The van der Waals surface area contributed by atoms with Crippen LogP contribution in [0.5, 0.6) is 11.6 Å². The summed E-state index contributed by atoms with van der Waals surface area (Å²) in [5.41, 5.74) is 6.82. The normalized spacial score (nSPS) is 11.7. The maximum atomic E-state index is 8.88. The van der Waals surface area contributed by atoms with Crippen LogP contribution in [0.4, 0.5) is 0 Å². The average molecular weight is 292 g/mol. The summed E-state index contributed by atoms with van der Waals surface area (Å²) < 4.78 is 7.48. The fourth-order valence-electron chi connectivity index (χ4n) is 1.91. The monoisotopic (exact) mass is 292 g/mol. The van der Waals surface area contributed by atoms with Crippen molar-refractivity contribution < 1.29 is 9.94 Å². The van der Waals surface area contributed by atoms with Gasteiger partial charge >= 0.3 is 0 Å². The Morgan fingerprint density at radius 2 is 2.15 bits per heavy atom. The molecule has 0 amide bonds. The highest BCUT2D eigenvalue weighted by Crippen LogP contribution is 2.33. The Balaban J connectivity index is 2.49. The summed E-state index contributed by atoms with van der Waals surface area (Å²) in [6.45, 7) is 1.78. The van der Waals surface area contributed by atoms with Gasteiger partial charge in [0.05, 0.1) is 5.69 Å². The van der Waals surface area contributed by atoms with E-state index in [1.165, 1.54) is 0 Å². The number of benzene rings is 1. The number of nitrogens with two attached hydrogens (primary N) is 1. The molecule has 0 bridgehead atoms. The van der Waals surface area contributed by atoms with E-state index < -0.39 is 0 Å². The lowest BCUT2D eigenvalue weighted by Crippen LogP contribution is -2.15. The number of para-hydroxylation sites is 1. The summed E-state index contributed by atoms with van der Waals surface area (Å²) in [7, 11) is 1.75. The van der Waals surface area contributed by atoms with E-state index in [4.69, 9.17) is 15.7 Å². The van der Waals surface area contributed by atoms with Crippen molar-refractivity contribution >= 4 is 17.6 Å². The van der Waals surface area contributed by atoms with E-state index in [0.717, 1.165) is 4.90 Å². The molecule has 0 saturated heterocycles. The molecule has 2 aromatic rings. The van der Waals surface area contributed by atoms with Crippen LogP contribution in [0.15, 0.2) is 34.3 Å². The second-order valence-corrected chi connectivity index (χ2v) is 4.98. The molecule has 1 aromatic heterocycles. The molecule has 0 unspecified atom stereocenters. The van der Waals surface area contributed by atoms with Gasteiger partial charge in [-0.3, -0.25) is 0 Å². The number of ether oxygens (including phenoxy) is 1. The van der Waals surface area contributed by atoms with Gasteiger partial charge in [-0.1, -0.05) is 17.3 Å². The first-order valence-electron chi connectivity index (χ1n) is 5.90. The third-order valence-electron chi connectivity index (χ3n) is 2.81. The third-order valence-corrected chi connectivity index (χ3v) is 3.59.